The van der Waals surface area contributed by atoms with Crippen molar-refractivity contribution in [3.05, 3.63) is 54.1 Å². The number of hydrogen-bond acceptors (Lipinski definition) is 5. The molecule has 0 atom stereocenters. The van der Waals surface area contributed by atoms with E-state index in [1.807, 2.05) is 18.2 Å². The number of fused-ring (bicyclic) bond motifs is 1. The van der Waals surface area contributed by atoms with E-state index >= 15 is 0 Å². The first-order valence-corrected chi connectivity index (χ1v) is 10.1. The lowest BCUT2D eigenvalue weighted by Crippen LogP contribution is -2.53. The Kier molecular flexibility index (Phi) is 5.25. The lowest BCUT2D eigenvalue weighted by atomic mass is 10.00. The number of benzene rings is 2. The third kappa shape index (κ3) is 3.90. The number of ether oxygens (including phenoxy) is 1. The van der Waals surface area contributed by atoms with Gasteiger partial charge in [0.2, 0.25) is 5.91 Å². The van der Waals surface area contributed by atoms with Crippen LogP contribution in [0.2, 0.25) is 0 Å². The van der Waals surface area contributed by atoms with Crippen LogP contribution in [0.15, 0.2) is 48.5 Å². The molecule has 0 bridgehead atoms. The highest BCUT2D eigenvalue weighted by Gasteiger charge is 2.34. The molecule has 1 aliphatic rings. The molecular weight excluding hydrogens is 358 g/mol. The van der Waals surface area contributed by atoms with E-state index in [0.717, 1.165) is 53.6 Å². The van der Waals surface area contributed by atoms with Crippen LogP contribution in [0.4, 0.5) is 5.13 Å². The number of anilines is 1. The molecule has 0 unspecified atom stereocenters. The molecule has 0 saturated carbocycles. The lowest BCUT2D eigenvalue weighted by molar-refractivity contribution is -0.125. The summed E-state index contributed by atoms with van der Waals surface area (Å²) in [5.41, 5.74) is 2.21. The Morgan fingerprint density at radius 2 is 2.04 bits per heavy atom. The second kappa shape index (κ2) is 7.96. The van der Waals surface area contributed by atoms with Crippen molar-refractivity contribution < 1.29 is 9.53 Å². The van der Waals surface area contributed by atoms with Crippen molar-refractivity contribution in [2.45, 2.75) is 12.8 Å². The van der Waals surface area contributed by atoms with E-state index in [1.54, 1.807) is 18.4 Å². The van der Waals surface area contributed by atoms with Crippen LogP contribution < -0.4 is 15.0 Å². The van der Waals surface area contributed by atoms with Gasteiger partial charge in [-0.25, -0.2) is 4.98 Å². The average molecular weight is 382 g/mol. The van der Waals surface area contributed by atoms with Gasteiger partial charge in [0.15, 0.2) is 5.13 Å². The quantitative estimate of drug-likeness (QED) is 0.637. The summed E-state index contributed by atoms with van der Waals surface area (Å²) < 4.78 is 6.49. The molecule has 27 heavy (non-hydrogen) atoms. The van der Waals surface area contributed by atoms with Crippen LogP contribution in [0.5, 0.6) is 5.75 Å². The average Bonchev–Trinajstić information content (AvgIpc) is 3.08. The van der Waals surface area contributed by atoms with Gasteiger partial charge in [-0.2, -0.15) is 0 Å². The van der Waals surface area contributed by atoms with Gasteiger partial charge in [-0.1, -0.05) is 47.7 Å². The summed E-state index contributed by atoms with van der Waals surface area (Å²) in [4.78, 5) is 19.2. The summed E-state index contributed by atoms with van der Waals surface area (Å²) in [5.74, 6) is 0.997. The molecule has 1 aliphatic heterocycles. The Bertz CT molecular complexity index is 920. The first kappa shape index (κ1) is 17.8. The van der Waals surface area contributed by atoms with Crippen molar-refractivity contribution >= 4 is 32.6 Å². The molecule has 4 rings (SSSR count). The van der Waals surface area contributed by atoms with Crippen molar-refractivity contribution in [2.75, 3.05) is 31.6 Å². The maximum absolute atomic E-state index is 12.3. The maximum Gasteiger partial charge on any atom is 0.226 e. The Balaban J connectivity index is 1.25. The number of methoxy groups -OCH3 is 1. The molecule has 0 aliphatic carbocycles. The molecule has 1 aromatic heterocycles. The van der Waals surface area contributed by atoms with Gasteiger partial charge in [-0.3, -0.25) is 4.79 Å². The zero-order valence-corrected chi connectivity index (χ0v) is 16.2. The van der Waals surface area contributed by atoms with Crippen LogP contribution in [0.3, 0.4) is 0 Å². The van der Waals surface area contributed by atoms with Crippen molar-refractivity contribution in [3.8, 4) is 5.75 Å². The van der Waals surface area contributed by atoms with E-state index in [2.05, 4.69) is 40.5 Å². The fourth-order valence-corrected chi connectivity index (χ4v) is 4.31. The summed E-state index contributed by atoms with van der Waals surface area (Å²) in [5, 5.41) is 4.03. The van der Waals surface area contributed by atoms with E-state index < -0.39 is 0 Å². The molecule has 5 nitrogen and oxygen atoms in total. The molecule has 0 radical (unpaired) electrons. The molecule has 6 heteroatoms. The predicted molar refractivity (Wildman–Crippen MR) is 110 cm³/mol. The number of nitrogens with one attached hydrogen (secondary N) is 1. The first-order valence-electron chi connectivity index (χ1n) is 9.24. The highest BCUT2D eigenvalue weighted by molar-refractivity contribution is 7.22. The minimum absolute atomic E-state index is 0.0515. The standard InChI is InChI=1S/C21H23N3O2S/c1-26-17-10-5-11-18-19(17)23-21(27-18)24-13-16(14-24)20(25)22-12-6-9-15-7-3-2-4-8-15/h2-5,7-8,10-11,16H,6,9,12-14H2,1H3,(H,22,25). The van der Waals surface area contributed by atoms with E-state index in [1.165, 1.54) is 5.56 Å². The van der Waals surface area contributed by atoms with Crippen molar-refractivity contribution in [1.82, 2.24) is 10.3 Å². The highest BCUT2D eigenvalue weighted by Crippen LogP contribution is 2.36. The van der Waals surface area contributed by atoms with Crippen LogP contribution >= 0.6 is 11.3 Å². The van der Waals surface area contributed by atoms with Crippen molar-refractivity contribution in [1.29, 1.82) is 0 Å². The fourth-order valence-electron chi connectivity index (χ4n) is 3.31. The number of thiazole rings is 1. The predicted octanol–water partition coefficient (Wildman–Crippen LogP) is 3.49. The molecule has 2 heterocycles. The lowest BCUT2D eigenvalue weighted by Gasteiger charge is -2.37. The summed E-state index contributed by atoms with van der Waals surface area (Å²) in [7, 11) is 1.66. The number of para-hydroxylation sites is 1. The summed E-state index contributed by atoms with van der Waals surface area (Å²) in [6, 6.07) is 16.3. The number of amides is 1. The third-order valence-corrected chi connectivity index (χ3v) is 5.98. The number of nitrogens with zero attached hydrogens (tertiary/aromatic N) is 2. The van der Waals surface area contributed by atoms with E-state index in [4.69, 9.17) is 9.72 Å². The number of rotatable bonds is 7. The molecule has 140 valence electrons. The number of carbonyl (C=O) groups excluding carboxylic acids is 1. The van der Waals surface area contributed by atoms with E-state index in [0.29, 0.717) is 0 Å². The van der Waals surface area contributed by atoms with Crippen molar-refractivity contribution in [3.63, 3.8) is 0 Å². The van der Waals surface area contributed by atoms with Gasteiger partial charge in [0.05, 0.1) is 17.7 Å². The number of aryl methyl sites for hydroxylation is 1. The van der Waals surface area contributed by atoms with Crippen LogP contribution in [0.1, 0.15) is 12.0 Å². The van der Waals surface area contributed by atoms with Crippen LogP contribution in [0.25, 0.3) is 10.2 Å². The normalized spacial score (nSPS) is 14.2. The smallest absolute Gasteiger partial charge is 0.226 e. The van der Waals surface area contributed by atoms with Crippen LogP contribution in [0, 0.1) is 5.92 Å². The first-order chi connectivity index (χ1) is 13.2. The second-order valence-corrected chi connectivity index (χ2v) is 7.79. The summed E-state index contributed by atoms with van der Waals surface area (Å²) in [6.07, 6.45) is 1.95. The molecular formula is C21H23N3O2S. The molecule has 1 N–H and O–H groups in total. The SMILES string of the molecule is COc1cccc2sc(N3CC(C(=O)NCCCc4ccccc4)C3)nc12. The van der Waals surface area contributed by atoms with Gasteiger partial charge < -0.3 is 15.0 Å². The molecule has 3 aromatic rings. The molecule has 1 fully saturated rings. The van der Waals surface area contributed by atoms with Crippen LogP contribution in [-0.2, 0) is 11.2 Å². The molecule has 1 saturated heterocycles. The maximum atomic E-state index is 12.3. The van der Waals surface area contributed by atoms with E-state index in [-0.39, 0.29) is 11.8 Å². The van der Waals surface area contributed by atoms with Crippen molar-refractivity contribution in [2.24, 2.45) is 5.92 Å². The van der Waals surface area contributed by atoms with E-state index in [9.17, 15) is 4.79 Å². The minimum Gasteiger partial charge on any atom is -0.494 e. The Labute approximate surface area is 163 Å². The van der Waals surface area contributed by atoms with Gasteiger partial charge in [0, 0.05) is 19.6 Å². The highest BCUT2D eigenvalue weighted by atomic mass is 32.1. The number of hydrogen-bond donors (Lipinski definition) is 1. The number of carbonyl (C=O) groups is 1. The Hall–Kier alpha value is -2.60. The fraction of sp³-hybridized carbons (Fsp3) is 0.333. The zero-order chi connectivity index (χ0) is 18.6. The monoisotopic (exact) mass is 381 g/mol. The van der Waals surface area contributed by atoms with Gasteiger partial charge in [0.1, 0.15) is 11.3 Å². The minimum atomic E-state index is 0.0515. The second-order valence-electron chi connectivity index (χ2n) is 6.79. The Morgan fingerprint density at radius 1 is 1.22 bits per heavy atom. The van der Waals surface area contributed by atoms with Gasteiger partial charge in [-0.05, 0) is 30.5 Å². The van der Waals surface area contributed by atoms with Gasteiger partial charge >= 0.3 is 0 Å². The molecule has 0 spiro atoms. The Morgan fingerprint density at radius 3 is 2.81 bits per heavy atom. The van der Waals surface area contributed by atoms with Crippen LogP contribution in [-0.4, -0.2) is 37.6 Å². The zero-order valence-electron chi connectivity index (χ0n) is 15.4. The number of aromatic nitrogens is 1. The third-order valence-electron chi connectivity index (χ3n) is 4.90. The topological polar surface area (TPSA) is 54.5 Å². The van der Waals surface area contributed by atoms with Gasteiger partial charge in [0.25, 0.3) is 0 Å². The summed E-state index contributed by atoms with van der Waals surface area (Å²) >= 11 is 1.65. The summed E-state index contributed by atoms with van der Waals surface area (Å²) in [6.45, 7) is 2.18. The molecule has 1 amide bonds. The van der Waals surface area contributed by atoms with Gasteiger partial charge in [-0.15, -0.1) is 0 Å². The molecule has 2 aromatic carbocycles. The largest absolute Gasteiger partial charge is 0.494 e.